The van der Waals surface area contributed by atoms with Gasteiger partial charge in [-0.1, -0.05) is 42.0 Å². The molecular formula is C27H29N3O3. The number of fused-ring (bicyclic) bond motifs is 1. The lowest BCUT2D eigenvalue weighted by Crippen LogP contribution is -2.28. The van der Waals surface area contributed by atoms with Crippen molar-refractivity contribution < 1.29 is 14.3 Å². The highest BCUT2D eigenvalue weighted by Gasteiger charge is 2.11. The summed E-state index contributed by atoms with van der Waals surface area (Å²) in [6.45, 7) is 3.81. The van der Waals surface area contributed by atoms with E-state index in [4.69, 9.17) is 14.5 Å². The minimum absolute atomic E-state index is 0.00877. The first-order valence-corrected chi connectivity index (χ1v) is 11.2. The first-order valence-electron chi connectivity index (χ1n) is 11.2. The van der Waals surface area contributed by atoms with Gasteiger partial charge >= 0.3 is 0 Å². The maximum Gasteiger partial charge on any atom is 0.224 e. The number of benzene rings is 3. The van der Waals surface area contributed by atoms with E-state index in [1.165, 1.54) is 5.56 Å². The van der Waals surface area contributed by atoms with Crippen molar-refractivity contribution in [3.63, 3.8) is 0 Å². The van der Waals surface area contributed by atoms with Crippen molar-refractivity contribution in [2.75, 3.05) is 20.3 Å². The molecule has 0 spiro atoms. The zero-order valence-electron chi connectivity index (χ0n) is 19.1. The molecule has 1 amide bonds. The van der Waals surface area contributed by atoms with Crippen LogP contribution in [0, 0.1) is 6.92 Å². The van der Waals surface area contributed by atoms with Gasteiger partial charge in [0, 0.05) is 13.0 Å². The summed E-state index contributed by atoms with van der Waals surface area (Å²) in [5, 5.41) is 3.01. The number of carbonyl (C=O) groups is 1. The molecule has 0 saturated carbocycles. The number of carbonyl (C=O) groups excluding carboxylic acids is 1. The lowest BCUT2D eigenvalue weighted by atomic mass is 10.1. The second kappa shape index (κ2) is 10.7. The first kappa shape index (κ1) is 22.4. The molecule has 0 fully saturated rings. The van der Waals surface area contributed by atoms with Crippen LogP contribution < -0.4 is 14.8 Å². The molecule has 0 aliphatic carbocycles. The van der Waals surface area contributed by atoms with Crippen LogP contribution in [0.4, 0.5) is 0 Å². The number of nitrogens with zero attached hydrogens (tertiary/aromatic N) is 2. The Labute approximate surface area is 194 Å². The molecule has 4 rings (SSSR count). The molecule has 4 aromatic rings. The SMILES string of the molecule is COc1ccc(CC(=O)NCCc2nc3ccccc3n2CCOc2ccc(C)cc2)cc1. The van der Waals surface area contributed by atoms with Gasteiger partial charge in [-0.15, -0.1) is 0 Å². The Balaban J connectivity index is 1.35. The molecule has 0 saturated heterocycles. The summed E-state index contributed by atoms with van der Waals surface area (Å²) in [5.74, 6) is 2.57. The molecule has 6 nitrogen and oxygen atoms in total. The molecule has 1 aromatic heterocycles. The zero-order valence-corrected chi connectivity index (χ0v) is 19.1. The van der Waals surface area contributed by atoms with Crippen molar-refractivity contribution in [1.82, 2.24) is 14.9 Å². The number of para-hydroxylation sites is 2. The second-order valence-electron chi connectivity index (χ2n) is 7.95. The van der Waals surface area contributed by atoms with Crippen LogP contribution in [-0.2, 0) is 24.2 Å². The van der Waals surface area contributed by atoms with Gasteiger partial charge in [0.25, 0.3) is 0 Å². The number of aromatic nitrogens is 2. The van der Waals surface area contributed by atoms with Crippen LogP contribution in [-0.4, -0.2) is 35.7 Å². The summed E-state index contributed by atoms with van der Waals surface area (Å²) >= 11 is 0. The third-order valence-corrected chi connectivity index (χ3v) is 5.53. The Morgan fingerprint density at radius 3 is 2.45 bits per heavy atom. The highest BCUT2D eigenvalue weighted by atomic mass is 16.5. The molecule has 170 valence electrons. The third-order valence-electron chi connectivity index (χ3n) is 5.53. The largest absolute Gasteiger partial charge is 0.497 e. The van der Waals surface area contributed by atoms with Crippen LogP contribution in [0.15, 0.2) is 72.8 Å². The molecule has 0 bridgehead atoms. The van der Waals surface area contributed by atoms with Gasteiger partial charge in [-0.2, -0.15) is 0 Å². The Bertz CT molecular complexity index is 1200. The highest BCUT2D eigenvalue weighted by Crippen LogP contribution is 2.17. The van der Waals surface area contributed by atoms with Crippen LogP contribution in [0.2, 0.25) is 0 Å². The molecule has 0 radical (unpaired) electrons. The van der Waals surface area contributed by atoms with Crippen molar-refractivity contribution in [3.05, 3.63) is 89.7 Å². The maximum absolute atomic E-state index is 12.4. The average molecular weight is 444 g/mol. The number of ether oxygens (including phenoxy) is 2. The van der Waals surface area contributed by atoms with Crippen LogP contribution in [0.3, 0.4) is 0 Å². The minimum atomic E-state index is -0.00877. The topological polar surface area (TPSA) is 65.4 Å². The van der Waals surface area contributed by atoms with E-state index < -0.39 is 0 Å². The van der Waals surface area contributed by atoms with Crippen molar-refractivity contribution >= 4 is 16.9 Å². The number of imidazole rings is 1. The molecule has 6 heteroatoms. The summed E-state index contributed by atoms with van der Waals surface area (Å²) in [5.41, 5.74) is 4.19. The van der Waals surface area contributed by atoms with Gasteiger partial charge in [-0.25, -0.2) is 4.98 Å². The van der Waals surface area contributed by atoms with Crippen LogP contribution in [0.5, 0.6) is 11.5 Å². The van der Waals surface area contributed by atoms with E-state index in [1.807, 2.05) is 66.7 Å². The summed E-state index contributed by atoms with van der Waals surface area (Å²) in [6, 6.07) is 23.7. The zero-order chi connectivity index (χ0) is 23.0. The molecule has 1 N–H and O–H groups in total. The Morgan fingerprint density at radius 1 is 0.970 bits per heavy atom. The van der Waals surface area contributed by atoms with E-state index in [2.05, 4.69) is 22.9 Å². The molecular weight excluding hydrogens is 414 g/mol. The number of amides is 1. The lowest BCUT2D eigenvalue weighted by molar-refractivity contribution is -0.120. The van der Waals surface area contributed by atoms with Crippen molar-refractivity contribution in [1.29, 1.82) is 0 Å². The van der Waals surface area contributed by atoms with Crippen LogP contribution >= 0.6 is 0 Å². The average Bonchev–Trinajstić information content (AvgIpc) is 3.18. The molecule has 0 unspecified atom stereocenters. The van der Waals surface area contributed by atoms with Crippen molar-refractivity contribution in [2.45, 2.75) is 26.3 Å². The minimum Gasteiger partial charge on any atom is -0.497 e. The van der Waals surface area contributed by atoms with Gasteiger partial charge in [0.2, 0.25) is 5.91 Å². The van der Waals surface area contributed by atoms with E-state index in [1.54, 1.807) is 7.11 Å². The Kier molecular flexibility index (Phi) is 7.25. The van der Waals surface area contributed by atoms with Gasteiger partial charge in [-0.3, -0.25) is 4.79 Å². The van der Waals surface area contributed by atoms with Gasteiger partial charge < -0.3 is 19.4 Å². The second-order valence-corrected chi connectivity index (χ2v) is 7.95. The number of rotatable bonds is 10. The first-order chi connectivity index (χ1) is 16.1. The standard InChI is InChI=1S/C27H29N3O3/c1-20-7-11-23(12-8-20)33-18-17-30-25-6-4-3-5-24(25)29-26(30)15-16-28-27(31)19-21-9-13-22(32-2)14-10-21/h3-14H,15-19H2,1-2H3,(H,28,31). The number of methoxy groups -OCH3 is 1. The van der Waals surface area contributed by atoms with E-state index in [0.717, 1.165) is 33.9 Å². The van der Waals surface area contributed by atoms with Crippen molar-refractivity contribution in [3.8, 4) is 11.5 Å². The summed E-state index contributed by atoms with van der Waals surface area (Å²) in [6.07, 6.45) is 0.984. The lowest BCUT2D eigenvalue weighted by Gasteiger charge is -2.12. The summed E-state index contributed by atoms with van der Waals surface area (Å²) in [4.78, 5) is 17.2. The molecule has 1 heterocycles. The predicted octanol–water partition coefficient (Wildman–Crippen LogP) is 4.33. The maximum atomic E-state index is 12.4. The number of nitrogens with one attached hydrogen (secondary N) is 1. The summed E-state index contributed by atoms with van der Waals surface area (Å²) < 4.78 is 13.3. The van der Waals surface area contributed by atoms with Gasteiger partial charge in [-0.05, 0) is 48.9 Å². The summed E-state index contributed by atoms with van der Waals surface area (Å²) in [7, 11) is 1.63. The Hall–Kier alpha value is -3.80. The van der Waals surface area contributed by atoms with Crippen LogP contribution in [0.25, 0.3) is 11.0 Å². The fourth-order valence-corrected chi connectivity index (χ4v) is 3.76. The Morgan fingerprint density at radius 2 is 1.70 bits per heavy atom. The van der Waals surface area contributed by atoms with E-state index >= 15 is 0 Å². The van der Waals surface area contributed by atoms with Crippen LogP contribution in [0.1, 0.15) is 17.0 Å². The molecule has 0 aliphatic rings. The van der Waals surface area contributed by atoms with Gasteiger partial charge in [0.15, 0.2) is 0 Å². The molecule has 33 heavy (non-hydrogen) atoms. The highest BCUT2D eigenvalue weighted by molar-refractivity contribution is 5.78. The fourth-order valence-electron chi connectivity index (χ4n) is 3.76. The third kappa shape index (κ3) is 5.92. The molecule has 3 aromatic carbocycles. The monoisotopic (exact) mass is 443 g/mol. The molecule has 0 atom stereocenters. The molecule has 0 aliphatic heterocycles. The normalized spacial score (nSPS) is 10.8. The smallest absolute Gasteiger partial charge is 0.224 e. The van der Waals surface area contributed by atoms with Gasteiger partial charge in [0.1, 0.15) is 23.9 Å². The fraction of sp³-hybridized carbons (Fsp3) is 0.259. The number of hydrogen-bond donors (Lipinski definition) is 1. The number of aryl methyl sites for hydroxylation is 1. The van der Waals surface area contributed by atoms with E-state index in [-0.39, 0.29) is 5.91 Å². The quantitative estimate of drug-likeness (QED) is 0.396. The van der Waals surface area contributed by atoms with Crippen molar-refractivity contribution in [2.24, 2.45) is 0 Å². The van der Waals surface area contributed by atoms with E-state index in [0.29, 0.717) is 32.5 Å². The number of hydrogen-bond acceptors (Lipinski definition) is 4. The van der Waals surface area contributed by atoms with Gasteiger partial charge in [0.05, 0.1) is 31.1 Å². The van der Waals surface area contributed by atoms with E-state index in [9.17, 15) is 4.79 Å². The predicted molar refractivity (Wildman–Crippen MR) is 130 cm³/mol.